The van der Waals surface area contributed by atoms with E-state index in [0.29, 0.717) is 13.1 Å². The van der Waals surface area contributed by atoms with Crippen LogP contribution in [0.4, 0.5) is 0 Å². The van der Waals surface area contributed by atoms with Gasteiger partial charge in [-0.2, -0.15) is 0 Å². The third kappa shape index (κ3) is 2.79. The van der Waals surface area contributed by atoms with Gasteiger partial charge >= 0.3 is 0 Å². The summed E-state index contributed by atoms with van der Waals surface area (Å²) < 4.78 is 1.76. The Kier molecular flexibility index (Phi) is 3.79. The molecule has 0 aliphatic heterocycles. The normalized spacial score (nSPS) is 13.7. The van der Waals surface area contributed by atoms with Gasteiger partial charge in [0.1, 0.15) is 0 Å². The number of benzene rings is 1. The zero-order chi connectivity index (χ0) is 13.1. The maximum absolute atomic E-state index is 5.53. The monoisotopic (exact) mass is 275 g/mol. The molecule has 2 aromatic rings. The molecule has 19 heavy (non-hydrogen) atoms. The predicted octanol–water partition coefficient (Wildman–Crippen LogP) is 1.41. The molecule has 100 valence electrons. The number of aromatic nitrogens is 4. The van der Waals surface area contributed by atoms with Crippen molar-refractivity contribution < 1.29 is 0 Å². The summed E-state index contributed by atoms with van der Waals surface area (Å²) in [6.07, 6.45) is 3.75. The molecule has 0 saturated heterocycles. The smallest absolute Gasteiger partial charge is 0.209 e. The molecule has 1 heterocycles. The summed E-state index contributed by atoms with van der Waals surface area (Å²) in [6, 6.07) is 6.81. The molecule has 1 aromatic heterocycles. The molecule has 2 N–H and O–H groups in total. The van der Waals surface area contributed by atoms with Gasteiger partial charge < -0.3 is 5.73 Å². The van der Waals surface area contributed by atoms with Crippen molar-refractivity contribution in [2.45, 2.75) is 36.7 Å². The van der Waals surface area contributed by atoms with Crippen molar-refractivity contribution in [3.8, 4) is 0 Å². The molecular weight excluding hydrogens is 258 g/mol. The van der Waals surface area contributed by atoms with Crippen molar-refractivity contribution in [2.75, 3.05) is 6.54 Å². The minimum absolute atomic E-state index is 0.553. The summed E-state index contributed by atoms with van der Waals surface area (Å²) in [5.74, 6) is 0.901. The van der Waals surface area contributed by atoms with Crippen LogP contribution in [0.5, 0.6) is 0 Å². The summed E-state index contributed by atoms with van der Waals surface area (Å²) in [5.41, 5.74) is 9.90. The van der Waals surface area contributed by atoms with Gasteiger partial charge in [-0.25, -0.2) is 4.68 Å². The third-order valence-corrected chi connectivity index (χ3v) is 4.40. The second kappa shape index (κ2) is 5.71. The van der Waals surface area contributed by atoms with Gasteiger partial charge in [0.25, 0.3) is 0 Å². The molecule has 3 rings (SSSR count). The number of aryl methyl sites for hydroxylation is 2. The van der Waals surface area contributed by atoms with Crippen LogP contribution in [0.1, 0.15) is 23.1 Å². The third-order valence-electron chi connectivity index (χ3n) is 3.37. The Bertz CT molecular complexity index is 566. The van der Waals surface area contributed by atoms with E-state index in [0.717, 1.165) is 10.9 Å². The fourth-order valence-electron chi connectivity index (χ4n) is 2.43. The molecular formula is C13H17N5S. The zero-order valence-electron chi connectivity index (χ0n) is 10.7. The Labute approximate surface area is 116 Å². The van der Waals surface area contributed by atoms with Gasteiger partial charge in [0.2, 0.25) is 5.16 Å². The average molecular weight is 275 g/mol. The lowest BCUT2D eigenvalue weighted by Crippen LogP contribution is -2.12. The van der Waals surface area contributed by atoms with Gasteiger partial charge in [-0.15, -0.1) is 5.10 Å². The molecule has 1 aromatic carbocycles. The highest BCUT2D eigenvalue weighted by Crippen LogP contribution is 2.26. The van der Waals surface area contributed by atoms with Crippen LogP contribution in [-0.4, -0.2) is 26.8 Å². The van der Waals surface area contributed by atoms with Crippen molar-refractivity contribution in [1.82, 2.24) is 20.2 Å². The summed E-state index contributed by atoms with van der Waals surface area (Å²) in [4.78, 5) is 0. The van der Waals surface area contributed by atoms with E-state index in [1.807, 2.05) is 0 Å². The standard InChI is InChI=1S/C13H17N5S/c14-6-7-18-13(15-16-17-18)19-9-10-4-5-11-2-1-3-12(11)8-10/h4-5,8H,1-3,6-7,9,14H2. The first kappa shape index (κ1) is 12.6. The van der Waals surface area contributed by atoms with E-state index >= 15 is 0 Å². The molecule has 0 bridgehead atoms. The van der Waals surface area contributed by atoms with E-state index in [9.17, 15) is 0 Å². The van der Waals surface area contributed by atoms with E-state index in [2.05, 4.69) is 33.7 Å². The van der Waals surface area contributed by atoms with Crippen LogP contribution in [-0.2, 0) is 25.1 Å². The van der Waals surface area contributed by atoms with Gasteiger partial charge in [-0.1, -0.05) is 30.0 Å². The first-order valence-electron chi connectivity index (χ1n) is 6.56. The maximum Gasteiger partial charge on any atom is 0.209 e. The lowest BCUT2D eigenvalue weighted by Gasteiger charge is -2.05. The number of nitrogens with two attached hydrogens (primary N) is 1. The molecule has 1 aliphatic rings. The lowest BCUT2D eigenvalue weighted by molar-refractivity contribution is 0.557. The molecule has 0 unspecified atom stereocenters. The highest BCUT2D eigenvalue weighted by atomic mass is 32.2. The van der Waals surface area contributed by atoms with Crippen molar-refractivity contribution in [2.24, 2.45) is 5.73 Å². The Morgan fingerprint density at radius 3 is 3.05 bits per heavy atom. The molecule has 0 amide bonds. The van der Waals surface area contributed by atoms with Gasteiger partial charge in [-0.05, 0) is 46.4 Å². The zero-order valence-corrected chi connectivity index (χ0v) is 11.6. The minimum atomic E-state index is 0.553. The highest BCUT2D eigenvalue weighted by molar-refractivity contribution is 7.98. The first-order chi connectivity index (χ1) is 9.36. The summed E-state index contributed by atoms with van der Waals surface area (Å²) in [7, 11) is 0. The Morgan fingerprint density at radius 1 is 1.26 bits per heavy atom. The highest BCUT2D eigenvalue weighted by Gasteiger charge is 2.12. The van der Waals surface area contributed by atoms with Crippen LogP contribution >= 0.6 is 11.8 Å². The van der Waals surface area contributed by atoms with Crippen LogP contribution in [0.3, 0.4) is 0 Å². The summed E-state index contributed by atoms with van der Waals surface area (Å²) >= 11 is 1.66. The molecule has 6 heteroatoms. The van der Waals surface area contributed by atoms with Gasteiger partial charge in [0.15, 0.2) is 0 Å². The summed E-state index contributed by atoms with van der Waals surface area (Å²) in [6.45, 7) is 1.22. The largest absolute Gasteiger partial charge is 0.329 e. The van der Waals surface area contributed by atoms with Crippen LogP contribution in [0, 0.1) is 0 Å². The van der Waals surface area contributed by atoms with E-state index in [-0.39, 0.29) is 0 Å². The number of rotatable bonds is 5. The van der Waals surface area contributed by atoms with E-state index in [4.69, 9.17) is 5.73 Å². The molecule has 0 fully saturated rings. The van der Waals surface area contributed by atoms with Gasteiger partial charge in [0, 0.05) is 12.3 Å². The second-order valence-electron chi connectivity index (χ2n) is 4.72. The van der Waals surface area contributed by atoms with E-state index < -0.39 is 0 Å². The Balaban J connectivity index is 1.67. The Hall–Kier alpha value is -1.40. The predicted molar refractivity (Wildman–Crippen MR) is 74.9 cm³/mol. The number of thioether (sulfide) groups is 1. The van der Waals surface area contributed by atoms with Gasteiger partial charge in [-0.3, -0.25) is 0 Å². The van der Waals surface area contributed by atoms with Crippen molar-refractivity contribution >= 4 is 11.8 Å². The molecule has 0 atom stereocenters. The molecule has 0 spiro atoms. The molecule has 0 radical (unpaired) electrons. The quantitative estimate of drug-likeness (QED) is 0.836. The van der Waals surface area contributed by atoms with Crippen LogP contribution in [0.2, 0.25) is 0 Å². The number of hydrogen-bond donors (Lipinski definition) is 1. The molecule has 5 nitrogen and oxygen atoms in total. The number of tetrazole rings is 1. The van der Waals surface area contributed by atoms with Crippen LogP contribution in [0.15, 0.2) is 23.4 Å². The topological polar surface area (TPSA) is 69.6 Å². The Morgan fingerprint density at radius 2 is 2.16 bits per heavy atom. The fourth-order valence-corrected chi connectivity index (χ4v) is 3.27. The average Bonchev–Trinajstić information content (AvgIpc) is 3.05. The van der Waals surface area contributed by atoms with Gasteiger partial charge in [0.05, 0.1) is 6.54 Å². The molecule has 0 saturated carbocycles. The fraction of sp³-hybridized carbons (Fsp3) is 0.462. The lowest BCUT2D eigenvalue weighted by atomic mass is 10.1. The van der Waals surface area contributed by atoms with Crippen molar-refractivity contribution in [3.63, 3.8) is 0 Å². The maximum atomic E-state index is 5.53. The minimum Gasteiger partial charge on any atom is -0.329 e. The SMILES string of the molecule is NCCn1nnnc1SCc1ccc2c(c1)CCC2. The molecule has 1 aliphatic carbocycles. The summed E-state index contributed by atoms with van der Waals surface area (Å²) in [5, 5.41) is 12.5. The second-order valence-corrected chi connectivity index (χ2v) is 5.66. The van der Waals surface area contributed by atoms with Crippen LogP contribution in [0.25, 0.3) is 0 Å². The number of hydrogen-bond acceptors (Lipinski definition) is 5. The number of nitrogens with zero attached hydrogens (tertiary/aromatic N) is 4. The number of fused-ring (bicyclic) bond motifs is 1. The van der Waals surface area contributed by atoms with Crippen LogP contribution < -0.4 is 5.73 Å². The van der Waals surface area contributed by atoms with Crippen molar-refractivity contribution in [3.05, 3.63) is 34.9 Å². The van der Waals surface area contributed by atoms with Crippen molar-refractivity contribution in [1.29, 1.82) is 0 Å². The first-order valence-corrected chi connectivity index (χ1v) is 7.55. The van der Waals surface area contributed by atoms with E-state index in [1.165, 1.54) is 36.0 Å². The van der Waals surface area contributed by atoms with E-state index in [1.54, 1.807) is 16.4 Å².